The smallest absolute Gasteiger partial charge is 0.252 e. The van der Waals surface area contributed by atoms with Gasteiger partial charge in [0, 0.05) is 18.6 Å². The highest BCUT2D eigenvalue weighted by Crippen LogP contribution is 2.24. The minimum absolute atomic E-state index is 0.0497. The van der Waals surface area contributed by atoms with Crippen molar-refractivity contribution in [1.29, 1.82) is 0 Å². The summed E-state index contributed by atoms with van der Waals surface area (Å²) in [5.41, 5.74) is 1.85. The first-order chi connectivity index (χ1) is 15.9. The van der Waals surface area contributed by atoms with Gasteiger partial charge in [-0.3, -0.25) is 14.6 Å². The zero-order chi connectivity index (χ0) is 23.4. The van der Waals surface area contributed by atoms with Crippen molar-refractivity contribution in [1.82, 2.24) is 19.7 Å². The third-order valence-electron chi connectivity index (χ3n) is 5.09. The van der Waals surface area contributed by atoms with Gasteiger partial charge in [-0.2, -0.15) is 9.78 Å². The number of anilines is 1. The number of carbonyl (C=O) groups is 1. The van der Waals surface area contributed by atoms with E-state index in [1.54, 1.807) is 31.6 Å². The number of amides is 1. The van der Waals surface area contributed by atoms with E-state index in [9.17, 15) is 9.59 Å². The molecule has 3 aromatic heterocycles. The summed E-state index contributed by atoms with van der Waals surface area (Å²) in [4.78, 5) is 32.2. The Kier molecular flexibility index (Phi) is 6.39. The van der Waals surface area contributed by atoms with Gasteiger partial charge in [-0.05, 0) is 42.2 Å². The third kappa shape index (κ3) is 5.20. The number of ether oxygens (including phenoxy) is 1. The van der Waals surface area contributed by atoms with Crippen molar-refractivity contribution in [3.05, 3.63) is 76.4 Å². The quantitative estimate of drug-likeness (QED) is 0.423. The molecule has 0 aliphatic heterocycles. The molecule has 0 aliphatic carbocycles. The highest BCUT2D eigenvalue weighted by molar-refractivity contribution is 5.90. The molecule has 0 radical (unpaired) electrons. The van der Waals surface area contributed by atoms with E-state index in [2.05, 4.69) is 20.4 Å². The molecule has 0 bridgehead atoms. The van der Waals surface area contributed by atoms with E-state index in [0.29, 0.717) is 29.4 Å². The summed E-state index contributed by atoms with van der Waals surface area (Å²) in [6.07, 6.45) is 2.37. The molecule has 170 valence electrons. The Morgan fingerprint density at radius 2 is 2.00 bits per heavy atom. The Balaban J connectivity index is 1.60. The van der Waals surface area contributed by atoms with Crippen LogP contribution in [0, 0.1) is 0 Å². The van der Waals surface area contributed by atoms with Crippen LogP contribution in [-0.4, -0.2) is 32.8 Å². The van der Waals surface area contributed by atoms with Gasteiger partial charge >= 0.3 is 0 Å². The number of nitrogens with zero attached hydrogens (tertiary/aromatic N) is 3. The number of furan rings is 1. The Morgan fingerprint density at radius 1 is 1.21 bits per heavy atom. The number of aromatic nitrogens is 4. The number of aryl methyl sites for hydroxylation is 1. The molecule has 9 nitrogen and oxygen atoms in total. The van der Waals surface area contributed by atoms with Crippen LogP contribution in [0.2, 0.25) is 0 Å². The highest BCUT2D eigenvalue weighted by atomic mass is 16.5. The van der Waals surface area contributed by atoms with Crippen LogP contribution in [0.25, 0.3) is 17.4 Å². The number of nitrogens with one attached hydrogen (secondary N) is 2. The summed E-state index contributed by atoms with van der Waals surface area (Å²) >= 11 is 0. The lowest BCUT2D eigenvalue weighted by Crippen LogP contribution is -2.19. The molecule has 0 aliphatic rings. The average Bonchev–Trinajstić information content (AvgIpc) is 3.48. The monoisotopic (exact) mass is 447 g/mol. The number of aromatic amines is 1. The summed E-state index contributed by atoms with van der Waals surface area (Å²) < 4.78 is 12.0. The lowest BCUT2D eigenvalue weighted by atomic mass is 10.1. The zero-order valence-corrected chi connectivity index (χ0v) is 18.7. The second-order valence-electron chi connectivity index (χ2n) is 7.85. The molecule has 33 heavy (non-hydrogen) atoms. The van der Waals surface area contributed by atoms with Crippen molar-refractivity contribution in [3.8, 4) is 23.2 Å². The fourth-order valence-electron chi connectivity index (χ4n) is 3.29. The Bertz CT molecular complexity index is 1290. The van der Waals surface area contributed by atoms with Crippen LogP contribution in [0.3, 0.4) is 0 Å². The van der Waals surface area contributed by atoms with Crippen LogP contribution in [0.5, 0.6) is 5.75 Å². The second kappa shape index (κ2) is 9.56. The first kappa shape index (κ1) is 22.1. The number of carbonyl (C=O) groups excluding carboxylic acids is 1. The Morgan fingerprint density at radius 3 is 2.67 bits per heavy atom. The van der Waals surface area contributed by atoms with E-state index in [-0.39, 0.29) is 29.8 Å². The largest absolute Gasteiger partial charge is 0.497 e. The van der Waals surface area contributed by atoms with Crippen LogP contribution in [-0.2, 0) is 11.2 Å². The van der Waals surface area contributed by atoms with Gasteiger partial charge in [0.05, 0.1) is 19.1 Å². The normalized spacial score (nSPS) is 11.0. The van der Waals surface area contributed by atoms with E-state index in [1.165, 1.54) is 10.7 Å². The van der Waals surface area contributed by atoms with Gasteiger partial charge < -0.3 is 14.5 Å². The number of H-pyrrole nitrogens is 1. The van der Waals surface area contributed by atoms with Crippen molar-refractivity contribution in [2.24, 2.45) is 0 Å². The standard InChI is InChI=1S/C24H25N5O4/c1-15(2)18-14-23(31)27-24(25-18)29-21(13-19(28-29)20-5-4-12-33-20)26-22(30)11-8-16-6-9-17(32-3)10-7-16/h4-7,9-10,12-15H,8,11H2,1-3H3,(H,26,30)(H,25,27,31). The average molecular weight is 447 g/mol. The van der Waals surface area contributed by atoms with Gasteiger partial charge in [-0.25, -0.2) is 4.98 Å². The van der Waals surface area contributed by atoms with Gasteiger partial charge in [0.25, 0.3) is 5.56 Å². The molecular formula is C24H25N5O4. The molecule has 2 N–H and O–H groups in total. The molecule has 3 heterocycles. The molecule has 0 fully saturated rings. The van der Waals surface area contributed by atoms with Crippen LogP contribution >= 0.6 is 0 Å². The maximum absolute atomic E-state index is 12.7. The number of rotatable bonds is 8. The van der Waals surface area contributed by atoms with Crippen LogP contribution in [0.4, 0.5) is 5.82 Å². The molecular weight excluding hydrogens is 422 g/mol. The number of hydrogen-bond acceptors (Lipinski definition) is 6. The summed E-state index contributed by atoms with van der Waals surface area (Å²) in [5.74, 6) is 1.75. The molecule has 0 saturated carbocycles. The molecule has 0 saturated heterocycles. The number of benzene rings is 1. The number of hydrogen-bond donors (Lipinski definition) is 2. The first-order valence-electron chi connectivity index (χ1n) is 10.6. The van der Waals surface area contributed by atoms with Crippen LogP contribution < -0.4 is 15.6 Å². The highest BCUT2D eigenvalue weighted by Gasteiger charge is 2.18. The summed E-state index contributed by atoms with van der Waals surface area (Å²) in [5, 5.41) is 7.40. The van der Waals surface area contributed by atoms with Gasteiger partial charge in [-0.1, -0.05) is 26.0 Å². The van der Waals surface area contributed by atoms with Gasteiger partial charge in [0.1, 0.15) is 17.3 Å². The van der Waals surface area contributed by atoms with Crippen molar-refractivity contribution >= 4 is 11.7 Å². The molecule has 1 aromatic carbocycles. The minimum atomic E-state index is -0.296. The lowest BCUT2D eigenvalue weighted by Gasteiger charge is -2.10. The summed E-state index contributed by atoms with van der Waals surface area (Å²) in [6.45, 7) is 3.90. The molecule has 4 aromatic rings. The van der Waals surface area contributed by atoms with E-state index in [4.69, 9.17) is 9.15 Å². The van der Waals surface area contributed by atoms with E-state index < -0.39 is 0 Å². The fraction of sp³-hybridized carbons (Fsp3) is 0.250. The maximum atomic E-state index is 12.7. The zero-order valence-electron chi connectivity index (χ0n) is 18.7. The van der Waals surface area contributed by atoms with E-state index >= 15 is 0 Å². The van der Waals surface area contributed by atoms with Gasteiger partial charge in [-0.15, -0.1) is 0 Å². The predicted molar refractivity (Wildman–Crippen MR) is 124 cm³/mol. The Labute approximate surface area is 190 Å². The minimum Gasteiger partial charge on any atom is -0.497 e. The van der Waals surface area contributed by atoms with Crippen LogP contribution in [0.1, 0.15) is 37.4 Å². The molecule has 4 rings (SSSR count). The van der Waals surface area contributed by atoms with E-state index in [0.717, 1.165) is 11.3 Å². The first-order valence-corrected chi connectivity index (χ1v) is 10.6. The SMILES string of the molecule is COc1ccc(CCC(=O)Nc2cc(-c3ccco3)nn2-c2nc(C(C)C)cc(=O)[nH]2)cc1. The topological polar surface area (TPSA) is 115 Å². The summed E-state index contributed by atoms with van der Waals surface area (Å²) in [7, 11) is 1.61. The number of methoxy groups -OCH3 is 1. The second-order valence-corrected chi connectivity index (χ2v) is 7.85. The lowest BCUT2D eigenvalue weighted by molar-refractivity contribution is -0.116. The van der Waals surface area contributed by atoms with Gasteiger partial charge in [0.15, 0.2) is 5.76 Å². The van der Waals surface area contributed by atoms with Gasteiger partial charge in [0.2, 0.25) is 11.9 Å². The molecule has 0 spiro atoms. The molecule has 0 unspecified atom stereocenters. The third-order valence-corrected chi connectivity index (χ3v) is 5.09. The predicted octanol–water partition coefficient (Wildman–Crippen LogP) is 3.92. The Hall–Kier alpha value is -4.14. The van der Waals surface area contributed by atoms with E-state index in [1.807, 2.05) is 38.1 Å². The molecule has 0 atom stereocenters. The molecule has 9 heteroatoms. The fourth-order valence-corrected chi connectivity index (χ4v) is 3.29. The van der Waals surface area contributed by atoms with Crippen molar-refractivity contribution in [2.45, 2.75) is 32.6 Å². The van der Waals surface area contributed by atoms with Crippen molar-refractivity contribution < 1.29 is 13.9 Å². The molecule has 1 amide bonds. The van der Waals surface area contributed by atoms with Crippen molar-refractivity contribution in [2.75, 3.05) is 12.4 Å². The summed E-state index contributed by atoms with van der Waals surface area (Å²) in [6, 6.07) is 14.2. The maximum Gasteiger partial charge on any atom is 0.252 e. The van der Waals surface area contributed by atoms with Crippen LogP contribution in [0.15, 0.2) is 64.0 Å². The van der Waals surface area contributed by atoms with Crippen molar-refractivity contribution in [3.63, 3.8) is 0 Å².